The van der Waals surface area contributed by atoms with Crippen LogP contribution in [0.4, 0.5) is 5.82 Å². The molecule has 1 saturated carbocycles. The van der Waals surface area contributed by atoms with Gasteiger partial charge in [0.2, 0.25) is 0 Å². The number of hydrogen-bond donors (Lipinski definition) is 1. The Kier molecular flexibility index (Phi) is 7.66. The Bertz CT molecular complexity index is 1040. The van der Waals surface area contributed by atoms with Gasteiger partial charge < -0.3 is 4.90 Å². The third kappa shape index (κ3) is 5.53. The Labute approximate surface area is 214 Å². The highest BCUT2D eigenvalue weighted by molar-refractivity contribution is 7.99. The van der Waals surface area contributed by atoms with Gasteiger partial charge in [0.15, 0.2) is 0 Å². The van der Waals surface area contributed by atoms with Gasteiger partial charge >= 0.3 is 0 Å². The van der Waals surface area contributed by atoms with Gasteiger partial charge in [0.1, 0.15) is 10.8 Å². The van der Waals surface area contributed by atoms with Gasteiger partial charge in [0.05, 0.1) is 37.7 Å². The highest BCUT2D eigenvalue weighted by atomic mass is 35.5. The van der Waals surface area contributed by atoms with Crippen LogP contribution in [0.15, 0.2) is 34.3 Å². The van der Waals surface area contributed by atoms with E-state index in [0.29, 0.717) is 16.1 Å². The zero-order chi connectivity index (χ0) is 23.8. The lowest BCUT2D eigenvalue weighted by Crippen LogP contribution is -2.51. The molecule has 2 fully saturated rings. The molecule has 0 amide bonds. The molecule has 2 aliphatic rings. The molecule has 2 atom stereocenters. The van der Waals surface area contributed by atoms with E-state index in [1.54, 1.807) is 6.07 Å². The van der Waals surface area contributed by atoms with Crippen molar-refractivity contribution >= 4 is 51.8 Å². The molecule has 180 valence electrons. The average Bonchev–Trinajstić information content (AvgIpc) is 3.14. The molecule has 2 heterocycles. The lowest BCUT2D eigenvalue weighted by atomic mass is 9.74. The minimum absolute atomic E-state index is 0.235. The minimum atomic E-state index is -1.03. The van der Waals surface area contributed by atoms with Crippen LogP contribution in [0.5, 0.6) is 0 Å². The summed E-state index contributed by atoms with van der Waals surface area (Å²) >= 11 is 14.0. The van der Waals surface area contributed by atoms with Crippen molar-refractivity contribution in [2.45, 2.75) is 80.5 Å². The van der Waals surface area contributed by atoms with E-state index in [2.05, 4.69) is 9.62 Å². The number of piperidine rings is 1. The van der Waals surface area contributed by atoms with E-state index in [9.17, 15) is 4.21 Å². The number of nitrogens with one attached hydrogen (secondary N) is 1. The molecular weight excluding hydrogens is 495 g/mol. The molecule has 4 rings (SSSR count). The first-order valence-electron chi connectivity index (χ1n) is 11.5. The average molecular weight is 528 g/mol. The predicted molar refractivity (Wildman–Crippen MR) is 140 cm³/mol. The summed E-state index contributed by atoms with van der Waals surface area (Å²) in [5, 5.41) is 1.92. The second-order valence-electron chi connectivity index (χ2n) is 10.1. The fourth-order valence-electron chi connectivity index (χ4n) is 4.79. The largest absolute Gasteiger partial charge is 0.355 e. The molecule has 9 heteroatoms. The number of anilines is 1. The molecule has 33 heavy (non-hydrogen) atoms. The molecule has 0 radical (unpaired) electrons. The molecule has 1 aliphatic carbocycles. The van der Waals surface area contributed by atoms with Gasteiger partial charge in [-0.3, -0.25) is 0 Å². The number of nitrogens with zero attached hydrogens (tertiary/aromatic N) is 3. The lowest BCUT2D eigenvalue weighted by molar-refractivity contribution is 0.188. The third-order valence-corrected chi connectivity index (χ3v) is 10.5. The maximum atomic E-state index is 12.7. The number of halogens is 2. The van der Waals surface area contributed by atoms with Crippen molar-refractivity contribution in [3.63, 3.8) is 0 Å². The molecule has 1 N–H and O–H groups in total. The Morgan fingerprint density at radius 2 is 1.94 bits per heavy atom. The topological polar surface area (TPSA) is 58.1 Å². The number of hydrogen-bond acceptors (Lipinski definition) is 5. The summed E-state index contributed by atoms with van der Waals surface area (Å²) in [5.41, 5.74) is 1.12. The van der Waals surface area contributed by atoms with Gasteiger partial charge in [-0.1, -0.05) is 47.5 Å². The molecule has 2 aromatic rings. The Hall–Kier alpha value is -0.860. The van der Waals surface area contributed by atoms with Crippen molar-refractivity contribution in [3.8, 4) is 0 Å². The molecule has 0 bridgehead atoms. The lowest BCUT2D eigenvalue weighted by Gasteiger charge is -2.44. The second kappa shape index (κ2) is 10.0. The first-order valence-corrected chi connectivity index (χ1v) is 14.2. The monoisotopic (exact) mass is 526 g/mol. The zero-order valence-corrected chi connectivity index (χ0v) is 22.8. The normalized spacial score (nSPS) is 21.5. The van der Waals surface area contributed by atoms with Crippen molar-refractivity contribution in [1.29, 1.82) is 0 Å². The molecule has 1 aromatic carbocycles. The summed E-state index contributed by atoms with van der Waals surface area (Å²) < 4.78 is 16.0. The van der Waals surface area contributed by atoms with Crippen molar-refractivity contribution in [2.24, 2.45) is 5.41 Å². The SMILES string of the molecule is Cc1nc(N2CCC3(CCC[C@H]3NS(=O)C(C)(C)C)CC2)cnc1Sc1cccc(Cl)c1Cl. The van der Waals surface area contributed by atoms with Crippen LogP contribution in [0, 0.1) is 12.3 Å². The predicted octanol–water partition coefficient (Wildman–Crippen LogP) is 6.43. The number of aryl methyl sites for hydroxylation is 1. The van der Waals surface area contributed by atoms with Crippen LogP contribution in [0.25, 0.3) is 0 Å². The zero-order valence-electron chi connectivity index (χ0n) is 19.7. The van der Waals surface area contributed by atoms with Crippen LogP contribution in [0.3, 0.4) is 0 Å². The molecule has 1 spiro atoms. The van der Waals surface area contributed by atoms with Gasteiger partial charge in [-0.15, -0.1) is 0 Å². The van der Waals surface area contributed by atoms with E-state index in [1.165, 1.54) is 24.6 Å². The summed E-state index contributed by atoms with van der Waals surface area (Å²) in [6.07, 6.45) is 7.56. The summed E-state index contributed by atoms with van der Waals surface area (Å²) in [7, 11) is -1.03. The van der Waals surface area contributed by atoms with Gasteiger partial charge in [-0.05, 0) is 70.9 Å². The standard InChI is InChI=1S/C24H32Cl2N4OS2/c1-16-22(32-18-8-5-7-17(25)21(18)26)27-15-20(28-16)30-13-11-24(12-14-30)10-6-9-19(24)29-33(31)23(2,3)4/h5,7-8,15,19,29H,6,9-14H2,1-4H3/t19-,33?/m1/s1. The van der Waals surface area contributed by atoms with Crippen LogP contribution < -0.4 is 9.62 Å². The fourth-order valence-corrected chi connectivity index (χ4v) is 7.09. The first-order chi connectivity index (χ1) is 15.6. The summed E-state index contributed by atoms with van der Waals surface area (Å²) in [5.74, 6) is 0.921. The van der Waals surface area contributed by atoms with Gasteiger partial charge in [-0.2, -0.15) is 0 Å². The molecule has 1 unspecified atom stereocenters. The van der Waals surface area contributed by atoms with Crippen LogP contribution in [0.1, 0.15) is 58.6 Å². The van der Waals surface area contributed by atoms with E-state index < -0.39 is 11.0 Å². The molecule has 1 saturated heterocycles. The summed E-state index contributed by atoms with van der Waals surface area (Å²) in [6, 6.07) is 5.94. The molecule has 1 aromatic heterocycles. The van der Waals surface area contributed by atoms with Crippen molar-refractivity contribution < 1.29 is 4.21 Å². The van der Waals surface area contributed by atoms with Crippen LogP contribution >= 0.6 is 35.0 Å². The van der Waals surface area contributed by atoms with Crippen molar-refractivity contribution in [3.05, 3.63) is 40.1 Å². The second-order valence-corrected chi connectivity index (χ2v) is 13.9. The Morgan fingerprint density at radius 1 is 1.21 bits per heavy atom. The van der Waals surface area contributed by atoms with E-state index >= 15 is 0 Å². The third-order valence-electron chi connectivity index (χ3n) is 6.81. The molecule has 1 aliphatic heterocycles. The highest BCUT2D eigenvalue weighted by Gasteiger charge is 2.46. The Morgan fingerprint density at radius 3 is 2.61 bits per heavy atom. The van der Waals surface area contributed by atoms with Crippen molar-refractivity contribution in [1.82, 2.24) is 14.7 Å². The van der Waals surface area contributed by atoms with Crippen LogP contribution in [-0.4, -0.2) is 38.1 Å². The molecular formula is C24H32Cl2N4OS2. The highest BCUT2D eigenvalue weighted by Crippen LogP contribution is 2.47. The first kappa shape index (κ1) is 25.2. The van der Waals surface area contributed by atoms with Crippen LogP contribution in [0.2, 0.25) is 10.0 Å². The van der Waals surface area contributed by atoms with Crippen LogP contribution in [-0.2, 0) is 11.0 Å². The smallest absolute Gasteiger partial charge is 0.147 e. The Balaban J connectivity index is 1.42. The maximum absolute atomic E-state index is 12.7. The van der Waals surface area contributed by atoms with E-state index in [4.69, 9.17) is 33.2 Å². The van der Waals surface area contributed by atoms with Crippen molar-refractivity contribution in [2.75, 3.05) is 18.0 Å². The van der Waals surface area contributed by atoms with Gasteiger partial charge in [0.25, 0.3) is 0 Å². The number of rotatable bonds is 5. The minimum Gasteiger partial charge on any atom is -0.355 e. The maximum Gasteiger partial charge on any atom is 0.147 e. The van der Waals surface area contributed by atoms with E-state index in [-0.39, 0.29) is 10.2 Å². The number of benzene rings is 1. The summed E-state index contributed by atoms with van der Waals surface area (Å²) in [4.78, 5) is 12.8. The van der Waals surface area contributed by atoms with Gasteiger partial charge in [0, 0.05) is 24.0 Å². The molecule has 5 nitrogen and oxygen atoms in total. The van der Waals surface area contributed by atoms with E-state index in [1.807, 2.05) is 46.0 Å². The van der Waals surface area contributed by atoms with E-state index in [0.717, 1.165) is 53.8 Å². The fraction of sp³-hybridized carbons (Fsp3) is 0.583. The quantitative estimate of drug-likeness (QED) is 0.485. The summed E-state index contributed by atoms with van der Waals surface area (Å²) in [6.45, 7) is 9.97. The number of aromatic nitrogens is 2. The van der Waals surface area contributed by atoms with Gasteiger partial charge in [-0.25, -0.2) is 18.9 Å².